The van der Waals surface area contributed by atoms with Gasteiger partial charge in [-0.3, -0.25) is 4.79 Å². The third-order valence-electron chi connectivity index (χ3n) is 4.58. The summed E-state index contributed by atoms with van der Waals surface area (Å²) in [6.45, 7) is 9.39. The molecule has 0 aromatic rings. The van der Waals surface area contributed by atoms with Crippen molar-refractivity contribution in [3.05, 3.63) is 0 Å². The van der Waals surface area contributed by atoms with Crippen LogP contribution in [0.25, 0.3) is 0 Å². The number of nitrogens with zero attached hydrogens (tertiary/aromatic N) is 1. The molecule has 0 aliphatic carbocycles. The first-order valence-electron chi connectivity index (χ1n) is 9.68. The number of amides is 1. The second kappa shape index (κ2) is 12.9. The molecule has 1 aliphatic rings. The van der Waals surface area contributed by atoms with E-state index in [9.17, 15) is 9.59 Å². The fraction of sp³-hybridized carbons (Fsp3) is 0.895. The summed E-state index contributed by atoms with van der Waals surface area (Å²) in [5.41, 5.74) is -0.471. The monoisotopic (exact) mass is 389 g/mol. The van der Waals surface area contributed by atoms with Gasteiger partial charge in [0.1, 0.15) is 12.2 Å². The average Bonchev–Trinajstić information content (AvgIpc) is 2.66. The van der Waals surface area contributed by atoms with Crippen LogP contribution in [-0.2, 0) is 28.5 Å². The molecule has 0 saturated carbocycles. The van der Waals surface area contributed by atoms with Gasteiger partial charge in [-0.05, 0) is 33.1 Å². The van der Waals surface area contributed by atoms with Crippen LogP contribution in [0.1, 0.15) is 40.0 Å². The van der Waals surface area contributed by atoms with Gasteiger partial charge in [-0.15, -0.1) is 0 Å². The standard InChI is InChI=1S/C19H35NO7/c1-5-19(2,3)27-18(22)20-8-6-16(7-9-20)17(21)26-15-14-25-13-12-24-11-10-23-4/h16H,5-15H2,1-4H3. The van der Waals surface area contributed by atoms with Crippen LogP contribution in [0.15, 0.2) is 0 Å². The van der Waals surface area contributed by atoms with Crippen molar-refractivity contribution in [2.75, 3.05) is 59.8 Å². The van der Waals surface area contributed by atoms with E-state index < -0.39 is 5.60 Å². The summed E-state index contributed by atoms with van der Waals surface area (Å²) in [5.74, 6) is -0.400. The SMILES string of the molecule is CCC(C)(C)OC(=O)N1CCC(C(=O)OCCOCCOCCOC)CC1. The Morgan fingerprint density at radius 3 is 2.07 bits per heavy atom. The Morgan fingerprint density at radius 1 is 0.963 bits per heavy atom. The lowest BCUT2D eigenvalue weighted by atomic mass is 9.97. The largest absolute Gasteiger partial charge is 0.463 e. The van der Waals surface area contributed by atoms with Gasteiger partial charge in [-0.25, -0.2) is 4.79 Å². The van der Waals surface area contributed by atoms with Crippen LogP contribution < -0.4 is 0 Å². The quantitative estimate of drug-likeness (QED) is 0.374. The molecule has 0 unspecified atom stereocenters. The number of likely N-dealkylation sites (tertiary alicyclic amines) is 1. The molecule has 1 fully saturated rings. The maximum Gasteiger partial charge on any atom is 0.410 e. The summed E-state index contributed by atoms with van der Waals surface area (Å²) in [6.07, 6.45) is 1.63. The smallest absolute Gasteiger partial charge is 0.410 e. The third kappa shape index (κ3) is 9.93. The van der Waals surface area contributed by atoms with Gasteiger partial charge in [0.05, 0.1) is 39.0 Å². The van der Waals surface area contributed by atoms with E-state index in [0.29, 0.717) is 59.0 Å². The minimum absolute atomic E-state index is 0.175. The molecule has 0 aromatic heterocycles. The highest BCUT2D eigenvalue weighted by atomic mass is 16.6. The first kappa shape index (κ1) is 23.7. The van der Waals surface area contributed by atoms with E-state index in [-0.39, 0.29) is 24.6 Å². The van der Waals surface area contributed by atoms with Gasteiger partial charge in [-0.2, -0.15) is 0 Å². The Balaban J connectivity index is 2.11. The van der Waals surface area contributed by atoms with Crippen molar-refractivity contribution in [2.24, 2.45) is 5.92 Å². The van der Waals surface area contributed by atoms with Gasteiger partial charge in [-0.1, -0.05) is 6.92 Å². The minimum atomic E-state index is -0.471. The minimum Gasteiger partial charge on any atom is -0.463 e. The second-order valence-corrected chi connectivity index (χ2v) is 7.13. The van der Waals surface area contributed by atoms with E-state index in [1.54, 1.807) is 12.0 Å². The Bertz CT molecular complexity index is 434. The highest BCUT2D eigenvalue weighted by molar-refractivity contribution is 5.73. The predicted molar refractivity (Wildman–Crippen MR) is 99.6 cm³/mol. The molecule has 1 aliphatic heterocycles. The number of rotatable bonds is 12. The first-order chi connectivity index (χ1) is 12.9. The molecule has 0 radical (unpaired) electrons. The molecule has 158 valence electrons. The summed E-state index contributed by atoms with van der Waals surface area (Å²) < 4.78 is 26.2. The van der Waals surface area contributed by atoms with Gasteiger partial charge >= 0.3 is 12.1 Å². The number of ether oxygens (including phenoxy) is 5. The van der Waals surface area contributed by atoms with Gasteiger partial charge in [0.2, 0.25) is 0 Å². The van der Waals surface area contributed by atoms with E-state index in [1.165, 1.54) is 0 Å². The summed E-state index contributed by atoms with van der Waals surface area (Å²) in [7, 11) is 1.62. The van der Waals surface area contributed by atoms with E-state index in [1.807, 2.05) is 20.8 Å². The second-order valence-electron chi connectivity index (χ2n) is 7.13. The molecule has 8 nitrogen and oxygen atoms in total. The zero-order valence-corrected chi connectivity index (χ0v) is 17.2. The summed E-state index contributed by atoms with van der Waals surface area (Å²) in [4.78, 5) is 25.9. The molecular weight excluding hydrogens is 354 g/mol. The fourth-order valence-corrected chi connectivity index (χ4v) is 2.45. The molecule has 0 aromatic carbocycles. The maximum absolute atomic E-state index is 12.2. The molecule has 1 saturated heterocycles. The lowest BCUT2D eigenvalue weighted by Crippen LogP contribution is -2.43. The maximum atomic E-state index is 12.2. The molecule has 8 heteroatoms. The number of esters is 1. The Hall–Kier alpha value is -1.38. The highest BCUT2D eigenvalue weighted by Crippen LogP contribution is 2.22. The van der Waals surface area contributed by atoms with Gasteiger partial charge in [0.25, 0.3) is 0 Å². The molecule has 0 atom stereocenters. The van der Waals surface area contributed by atoms with Crippen LogP contribution in [-0.4, -0.2) is 82.4 Å². The van der Waals surface area contributed by atoms with Crippen LogP contribution in [0.5, 0.6) is 0 Å². The van der Waals surface area contributed by atoms with E-state index >= 15 is 0 Å². The third-order valence-corrected chi connectivity index (χ3v) is 4.58. The van der Waals surface area contributed by atoms with Crippen molar-refractivity contribution in [3.8, 4) is 0 Å². The zero-order valence-electron chi connectivity index (χ0n) is 17.2. The molecule has 1 amide bonds. The van der Waals surface area contributed by atoms with Gasteiger partial charge < -0.3 is 28.6 Å². The zero-order chi connectivity index (χ0) is 20.1. The van der Waals surface area contributed by atoms with Crippen molar-refractivity contribution >= 4 is 12.1 Å². The normalized spacial score (nSPS) is 15.6. The fourth-order valence-electron chi connectivity index (χ4n) is 2.45. The Labute approximate surface area is 162 Å². The van der Waals surface area contributed by atoms with Crippen molar-refractivity contribution < 1.29 is 33.3 Å². The molecule has 0 bridgehead atoms. The predicted octanol–water partition coefficient (Wildman–Crippen LogP) is 2.25. The van der Waals surface area contributed by atoms with Crippen LogP contribution in [0.2, 0.25) is 0 Å². The van der Waals surface area contributed by atoms with E-state index in [0.717, 1.165) is 6.42 Å². The van der Waals surface area contributed by atoms with Crippen molar-refractivity contribution in [1.29, 1.82) is 0 Å². The average molecular weight is 389 g/mol. The number of methoxy groups -OCH3 is 1. The van der Waals surface area contributed by atoms with Gasteiger partial charge in [0, 0.05) is 20.2 Å². The van der Waals surface area contributed by atoms with Crippen molar-refractivity contribution in [3.63, 3.8) is 0 Å². The first-order valence-corrected chi connectivity index (χ1v) is 9.68. The number of hydrogen-bond donors (Lipinski definition) is 0. The summed E-state index contributed by atoms with van der Waals surface area (Å²) in [5, 5.41) is 0. The number of hydrogen-bond acceptors (Lipinski definition) is 7. The molecular formula is C19H35NO7. The van der Waals surface area contributed by atoms with Crippen LogP contribution in [0.3, 0.4) is 0 Å². The highest BCUT2D eigenvalue weighted by Gasteiger charge is 2.31. The number of carbonyl (C=O) groups excluding carboxylic acids is 2. The van der Waals surface area contributed by atoms with Crippen molar-refractivity contribution in [1.82, 2.24) is 4.90 Å². The molecule has 27 heavy (non-hydrogen) atoms. The molecule has 1 heterocycles. The van der Waals surface area contributed by atoms with E-state index in [2.05, 4.69) is 0 Å². The lowest BCUT2D eigenvalue weighted by molar-refractivity contribution is -0.151. The Morgan fingerprint density at radius 2 is 1.52 bits per heavy atom. The molecule has 0 N–H and O–H groups in total. The van der Waals surface area contributed by atoms with Crippen LogP contribution in [0, 0.1) is 5.92 Å². The van der Waals surface area contributed by atoms with Gasteiger partial charge in [0.15, 0.2) is 0 Å². The number of piperidine rings is 1. The van der Waals surface area contributed by atoms with Crippen molar-refractivity contribution in [2.45, 2.75) is 45.6 Å². The van der Waals surface area contributed by atoms with E-state index in [4.69, 9.17) is 23.7 Å². The lowest BCUT2D eigenvalue weighted by Gasteiger charge is -2.33. The number of carbonyl (C=O) groups is 2. The summed E-state index contributed by atoms with van der Waals surface area (Å²) >= 11 is 0. The molecule has 1 rings (SSSR count). The van der Waals surface area contributed by atoms with Crippen LogP contribution in [0.4, 0.5) is 4.79 Å². The topological polar surface area (TPSA) is 83.5 Å². The van der Waals surface area contributed by atoms with Crippen LogP contribution >= 0.6 is 0 Å². The molecule has 0 spiro atoms. The Kier molecular flexibility index (Phi) is 11.3. The summed E-state index contributed by atoms with van der Waals surface area (Å²) in [6, 6.07) is 0.